The highest BCUT2D eigenvalue weighted by atomic mass is 36.0. The molecular formula is C13H14Cl3F3N4O2S. The van der Waals surface area contributed by atoms with Gasteiger partial charge in [-0.05, 0) is 23.6 Å². The Morgan fingerprint density at radius 2 is 1.77 bits per heavy atom. The number of rotatable bonds is 3. The van der Waals surface area contributed by atoms with Crippen LogP contribution in [-0.2, 0) is 14.4 Å². The summed E-state index contributed by atoms with van der Waals surface area (Å²) in [5, 5.41) is 6.39. The molecule has 2 aromatic rings. The van der Waals surface area contributed by atoms with Gasteiger partial charge in [0.2, 0.25) is 5.95 Å². The summed E-state index contributed by atoms with van der Waals surface area (Å²) in [5.41, 5.74) is 1.33. The van der Waals surface area contributed by atoms with E-state index in [9.17, 15) is 13.2 Å². The summed E-state index contributed by atoms with van der Waals surface area (Å²) in [6.45, 7) is 4.00. The maximum Gasteiger partial charge on any atom is 0.453 e. The molecule has 0 spiro atoms. The smallest absolute Gasteiger partial charge is 0.357 e. The molecule has 0 radical (unpaired) electrons. The van der Waals surface area contributed by atoms with E-state index in [2.05, 4.69) is 36.8 Å². The molecule has 2 rings (SSSR count). The van der Waals surface area contributed by atoms with Gasteiger partial charge in [-0.3, -0.25) is 0 Å². The van der Waals surface area contributed by atoms with Crippen molar-refractivity contribution in [2.45, 2.75) is 25.9 Å². The molecule has 0 atom stereocenters. The molecule has 0 amide bonds. The molecular weight excluding hydrogens is 440 g/mol. The molecule has 6 nitrogen and oxygen atoms in total. The standard InChI is InChI=1S/C13H14ClF3N4.Cl2O2S/c1-7(2)8-4-5-10(9(14)6-8)21-12(18-3)19-11(20-21)13(15,16)17;1-5(2,3)4/h4-7H,1-3H3,(H,18,19,20);. The Balaban J connectivity index is 0.000000597. The number of halogens is 6. The fraction of sp³-hybridized carbons (Fsp3) is 0.385. The molecule has 0 aliphatic rings. The number of hydrogen-bond acceptors (Lipinski definition) is 5. The van der Waals surface area contributed by atoms with Crippen LogP contribution in [0.25, 0.3) is 5.69 Å². The fourth-order valence-corrected chi connectivity index (χ4v) is 2.09. The first-order valence-corrected chi connectivity index (χ1v) is 10.4. The average Bonchev–Trinajstić information content (AvgIpc) is 2.89. The Hall–Kier alpha value is -1.23. The summed E-state index contributed by atoms with van der Waals surface area (Å²) in [4.78, 5) is 3.43. The van der Waals surface area contributed by atoms with Crippen molar-refractivity contribution in [2.24, 2.45) is 0 Å². The Morgan fingerprint density at radius 3 is 2.15 bits per heavy atom. The Morgan fingerprint density at radius 1 is 1.23 bits per heavy atom. The highest BCUT2D eigenvalue weighted by Crippen LogP contribution is 2.31. The third kappa shape index (κ3) is 6.82. The van der Waals surface area contributed by atoms with Crippen molar-refractivity contribution in [1.29, 1.82) is 0 Å². The highest BCUT2D eigenvalue weighted by molar-refractivity contribution is 8.31. The van der Waals surface area contributed by atoms with E-state index < -0.39 is 20.3 Å². The Kier molecular flexibility index (Phi) is 7.58. The fourth-order valence-electron chi connectivity index (χ4n) is 1.82. The van der Waals surface area contributed by atoms with Crippen molar-refractivity contribution in [3.05, 3.63) is 34.6 Å². The summed E-state index contributed by atoms with van der Waals surface area (Å²) >= 11 is 6.16. The zero-order valence-corrected chi connectivity index (χ0v) is 16.7. The maximum absolute atomic E-state index is 12.7. The molecule has 0 fully saturated rings. The lowest BCUT2D eigenvalue weighted by Crippen LogP contribution is -2.09. The third-order valence-electron chi connectivity index (χ3n) is 2.95. The van der Waals surface area contributed by atoms with Crippen LogP contribution in [0.15, 0.2) is 18.2 Å². The van der Waals surface area contributed by atoms with Crippen LogP contribution in [-0.4, -0.2) is 30.2 Å². The van der Waals surface area contributed by atoms with E-state index >= 15 is 0 Å². The average molecular weight is 454 g/mol. The van der Waals surface area contributed by atoms with E-state index in [0.29, 0.717) is 10.7 Å². The molecule has 0 aliphatic carbocycles. The van der Waals surface area contributed by atoms with Gasteiger partial charge in [0.15, 0.2) is 0 Å². The lowest BCUT2D eigenvalue weighted by Gasteiger charge is -2.11. The van der Waals surface area contributed by atoms with Crippen molar-refractivity contribution < 1.29 is 21.6 Å². The lowest BCUT2D eigenvalue weighted by atomic mass is 10.0. The molecule has 1 aromatic heterocycles. The van der Waals surface area contributed by atoms with E-state index in [0.717, 1.165) is 10.2 Å². The lowest BCUT2D eigenvalue weighted by molar-refractivity contribution is -0.144. The molecule has 0 saturated carbocycles. The van der Waals surface area contributed by atoms with E-state index in [4.69, 9.17) is 20.0 Å². The predicted molar refractivity (Wildman–Crippen MR) is 95.6 cm³/mol. The van der Waals surface area contributed by atoms with Crippen molar-refractivity contribution in [1.82, 2.24) is 14.8 Å². The van der Waals surface area contributed by atoms with Gasteiger partial charge in [0, 0.05) is 28.4 Å². The number of hydrogen-bond donors (Lipinski definition) is 1. The van der Waals surface area contributed by atoms with E-state index in [1.807, 2.05) is 13.8 Å². The predicted octanol–water partition coefficient (Wildman–Crippen LogP) is 4.81. The van der Waals surface area contributed by atoms with Crippen molar-refractivity contribution in [3.63, 3.8) is 0 Å². The minimum absolute atomic E-state index is 0.0264. The Bertz CT molecular complexity index is 862. The monoisotopic (exact) mass is 452 g/mol. The van der Waals surface area contributed by atoms with Gasteiger partial charge in [-0.15, -0.1) is 5.10 Å². The molecule has 0 bridgehead atoms. The zero-order valence-electron chi connectivity index (χ0n) is 13.6. The first-order valence-electron chi connectivity index (χ1n) is 6.90. The van der Waals surface area contributed by atoms with Crippen LogP contribution in [0.4, 0.5) is 19.1 Å². The second-order valence-corrected chi connectivity index (χ2v) is 9.24. The van der Waals surface area contributed by atoms with Crippen molar-refractivity contribution in [3.8, 4) is 5.69 Å². The summed E-state index contributed by atoms with van der Waals surface area (Å²) < 4.78 is 57.5. The van der Waals surface area contributed by atoms with Crippen LogP contribution < -0.4 is 5.32 Å². The molecule has 1 heterocycles. The third-order valence-corrected chi connectivity index (χ3v) is 3.25. The van der Waals surface area contributed by atoms with Gasteiger partial charge in [-0.1, -0.05) is 31.5 Å². The van der Waals surface area contributed by atoms with Crippen LogP contribution in [0.1, 0.15) is 31.2 Å². The highest BCUT2D eigenvalue weighted by Gasteiger charge is 2.37. The molecule has 26 heavy (non-hydrogen) atoms. The van der Waals surface area contributed by atoms with Crippen LogP contribution in [0.5, 0.6) is 0 Å². The number of aromatic nitrogens is 3. The second kappa shape index (κ2) is 8.64. The minimum atomic E-state index is -4.61. The summed E-state index contributed by atoms with van der Waals surface area (Å²) in [6, 6.07) is 5.16. The SMILES string of the molecule is CNc1nc(C(F)(F)F)nn1-c1ccc(C(C)C)cc1Cl.O=S(=O)(Cl)Cl. The van der Waals surface area contributed by atoms with Crippen LogP contribution in [0.3, 0.4) is 0 Å². The normalized spacial score (nSPS) is 11.9. The van der Waals surface area contributed by atoms with Crippen molar-refractivity contribution >= 4 is 47.2 Å². The maximum atomic E-state index is 12.7. The van der Waals surface area contributed by atoms with Gasteiger partial charge in [-0.25, -0.2) is 0 Å². The number of nitrogens with zero attached hydrogens (tertiary/aromatic N) is 3. The number of benzene rings is 1. The Labute approximate surface area is 162 Å². The van der Waals surface area contributed by atoms with E-state index in [1.165, 1.54) is 7.05 Å². The number of anilines is 1. The van der Waals surface area contributed by atoms with Gasteiger partial charge in [-0.2, -0.15) is 31.3 Å². The zero-order chi connectivity index (χ0) is 20.3. The molecule has 0 saturated heterocycles. The van der Waals surface area contributed by atoms with Crippen LogP contribution in [0.2, 0.25) is 5.02 Å². The van der Waals surface area contributed by atoms with Gasteiger partial charge < -0.3 is 5.32 Å². The molecule has 1 N–H and O–H groups in total. The van der Waals surface area contributed by atoms with Gasteiger partial charge >= 0.3 is 14.4 Å². The first-order chi connectivity index (χ1) is 11.7. The largest absolute Gasteiger partial charge is 0.453 e. The number of alkyl halides is 3. The summed E-state index contributed by atoms with van der Waals surface area (Å²) in [6.07, 6.45) is -4.61. The van der Waals surface area contributed by atoms with Crippen LogP contribution in [0, 0.1) is 0 Å². The minimum Gasteiger partial charge on any atom is -0.357 e. The molecule has 13 heteroatoms. The van der Waals surface area contributed by atoms with Gasteiger partial charge in [0.1, 0.15) is 0 Å². The summed E-state index contributed by atoms with van der Waals surface area (Å²) in [5.74, 6) is -0.973. The van der Waals surface area contributed by atoms with Crippen molar-refractivity contribution in [2.75, 3.05) is 12.4 Å². The molecule has 146 valence electrons. The summed E-state index contributed by atoms with van der Waals surface area (Å²) in [7, 11) is 6.28. The first kappa shape index (κ1) is 22.8. The van der Waals surface area contributed by atoms with E-state index in [-0.39, 0.29) is 11.9 Å². The van der Waals surface area contributed by atoms with E-state index in [1.54, 1.807) is 18.2 Å². The second-order valence-electron chi connectivity index (χ2n) is 5.16. The molecule has 0 unspecified atom stereocenters. The molecule has 1 aromatic carbocycles. The van der Waals surface area contributed by atoms with Gasteiger partial charge in [0.25, 0.3) is 5.82 Å². The number of nitrogens with one attached hydrogen (secondary N) is 1. The quantitative estimate of drug-likeness (QED) is 0.675. The molecule has 0 aliphatic heterocycles. The van der Waals surface area contributed by atoms with Gasteiger partial charge in [0.05, 0.1) is 10.7 Å². The topological polar surface area (TPSA) is 76.9 Å². The van der Waals surface area contributed by atoms with Crippen LogP contribution >= 0.6 is 33.0 Å².